The first-order chi connectivity index (χ1) is 10.5. The first-order valence-electron chi connectivity index (χ1n) is 6.36. The average Bonchev–Trinajstić information content (AvgIpc) is 2.53. The number of rotatable bonds is 5. The van der Waals surface area contributed by atoms with Gasteiger partial charge in [-0.15, -0.1) is 0 Å². The highest BCUT2D eigenvalue weighted by atomic mass is 35.5. The van der Waals surface area contributed by atoms with Crippen molar-refractivity contribution in [1.82, 2.24) is 0 Å². The lowest BCUT2D eigenvalue weighted by atomic mass is 10.1. The molecule has 1 unspecified atom stereocenters. The zero-order chi connectivity index (χ0) is 16.1. The Labute approximate surface area is 131 Å². The lowest BCUT2D eigenvalue weighted by Crippen LogP contribution is -2.22. The van der Waals surface area contributed by atoms with Gasteiger partial charge in [0.25, 0.3) is 5.69 Å². The number of halogens is 1. The lowest BCUT2D eigenvalue weighted by molar-refractivity contribution is -0.384. The molecule has 114 valence electrons. The van der Waals surface area contributed by atoms with Crippen LogP contribution in [0.1, 0.15) is 11.6 Å². The van der Waals surface area contributed by atoms with Crippen molar-refractivity contribution in [2.75, 3.05) is 12.4 Å². The fourth-order valence-electron chi connectivity index (χ4n) is 1.98. The molecule has 0 saturated heterocycles. The largest absolute Gasteiger partial charge is 0.467 e. The SMILES string of the molecule is COC(=O)C(Nc1ccc(Cl)cc1[N+](=O)[O-])c1ccccc1. The smallest absolute Gasteiger partial charge is 0.332 e. The number of nitrogens with zero attached hydrogens (tertiary/aromatic N) is 1. The van der Waals surface area contributed by atoms with Crippen molar-refractivity contribution in [3.05, 3.63) is 69.2 Å². The summed E-state index contributed by atoms with van der Waals surface area (Å²) in [6.45, 7) is 0. The summed E-state index contributed by atoms with van der Waals surface area (Å²) >= 11 is 5.78. The molecule has 0 aliphatic carbocycles. The molecule has 2 rings (SSSR count). The first kappa shape index (κ1) is 15.8. The predicted octanol–water partition coefficient (Wildman–Crippen LogP) is 3.57. The summed E-state index contributed by atoms with van der Waals surface area (Å²) in [5.41, 5.74) is 0.615. The third kappa shape index (κ3) is 3.53. The second-order valence-electron chi connectivity index (χ2n) is 4.43. The van der Waals surface area contributed by atoms with E-state index >= 15 is 0 Å². The molecule has 6 nitrogen and oxygen atoms in total. The number of carbonyl (C=O) groups excluding carboxylic acids is 1. The molecule has 0 aromatic heterocycles. The molecule has 0 spiro atoms. The predicted molar refractivity (Wildman–Crippen MR) is 82.9 cm³/mol. The molecule has 0 radical (unpaired) electrons. The Hall–Kier alpha value is -2.60. The van der Waals surface area contributed by atoms with E-state index in [0.717, 1.165) is 0 Å². The van der Waals surface area contributed by atoms with Gasteiger partial charge in [0.2, 0.25) is 0 Å². The van der Waals surface area contributed by atoms with Gasteiger partial charge in [-0.1, -0.05) is 41.9 Å². The molecule has 0 aliphatic heterocycles. The number of hydrogen-bond donors (Lipinski definition) is 1. The molecule has 0 saturated carbocycles. The summed E-state index contributed by atoms with van der Waals surface area (Å²) in [6.07, 6.45) is 0. The number of ether oxygens (including phenoxy) is 1. The fourth-order valence-corrected chi connectivity index (χ4v) is 2.14. The third-order valence-corrected chi connectivity index (χ3v) is 3.26. The van der Waals surface area contributed by atoms with E-state index in [2.05, 4.69) is 5.32 Å². The number of methoxy groups -OCH3 is 1. The Kier molecular flexibility index (Phi) is 4.95. The van der Waals surface area contributed by atoms with E-state index in [-0.39, 0.29) is 16.4 Å². The second-order valence-corrected chi connectivity index (χ2v) is 4.87. The maximum absolute atomic E-state index is 12.0. The quantitative estimate of drug-likeness (QED) is 0.517. The van der Waals surface area contributed by atoms with Crippen molar-refractivity contribution < 1.29 is 14.5 Å². The molecule has 1 N–H and O–H groups in total. The van der Waals surface area contributed by atoms with Crippen molar-refractivity contribution in [1.29, 1.82) is 0 Å². The molecule has 7 heteroatoms. The number of nitrogens with one attached hydrogen (secondary N) is 1. The van der Waals surface area contributed by atoms with E-state index in [1.54, 1.807) is 24.3 Å². The van der Waals surface area contributed by atoms with Crippen LogP contribution in [0.2, 0.25) is 5.02 Å². The molecular weight excluding hydrogens is 308 g/mol. The molecule has 0 heterocycles. The highest BCUT2D eigenvalue weighted by molar-refractivity contribution is 6.30. The molecule has 2 aromatic carbocycles. The average molecular weight is 321 g/mol. The molecule has 2 aromatic rings. The van der Waals surface area contributed by atoms with Gasteiger partial charge in [-0.2, -0.15) is 0 Å². The molecular formula is C15H13ClN2O4. The van der Waals surface area contributed by atoms with Crippen LogP contribution < -0.4 is 5.32 Å². The van der Waals surface area contributed by atoms with Crippen molar-refractivity contribution in [2.45, 2.75) is 6.04 Å². The minimum atomic E-state index is -0.855. The first-order valence-corrected chi connectivity index (χ1v) is 6.74. The van der Waals surface area contributed by atoms with E-state index in [9.17, 15) is 14.9 Å². The summed E-state index contributed by atoms with van der Waals surface area (Å²) < 4.78 is 4.77. The zero-order valence-electron chi connectivity index (χ0n) is 11.7. The standard InChI is InChI=1S/C15H13ClN2O4/c1-22-15(19)14(10-5-3-2-4-6-10)17-12-8-7-11(16)9-13(12)18(20)21/h2-9,14,17H,1H3. The molecule has 0 amide bonds. The van der Waals surface area contributed by atoms with E-state index in [0.29, 0.717) is 5.56 Å². The number of nitro groups is 1. The van der Waals surface area contributed by atoms with E-state index in [4.69, 9.17) is 16.3 Å². The van der Waals surface area contributed by atoms with Gasteiger partial charge in [-0.25, -0.2) is 4.79 Å². The van der Waals surface area contributed by atoms with E-state index in [1.807, 2.05) is 6.07 Å². The Bertz CT molecular complexity index is 691. The summed E-state index contributed by atoms with van der Waals surface area (Å²) in [5.74, 6) is -0.546. The zero-order valence-corrected chi connectivity index (χ0v) is 12.4. The summed E-state index contributed by atoms with van der Waals surface area (Å²) in [5, 5.41) is 14.2. The highest BCUT2D eigenvalue weighted by Crippen LogP contribution is 2.31. The highest BCUT2D eigenvalue weighted by Gasteiger charge is 2.24. The molecule has 22 heavy (non-hydrogen) atoms. The lowest BCUT2D eigenvalue weighted by Gasteiger charge is -2.18. The topological polar surface area (TPSA) is 81.5 Å². The van der Waals surface area contributed by atoms with Gasteiger partial charge in [-0.05, 0) is 17.7 Å². The van der Waals surface area contributed by atoms with Gasteiger partial charge in [0.15, 0.2) is 6.04 Å². The minimum Gasteiger partial charge on any atom is -0.467 e. The summed E-state index contributed by atoms with van der Waals surface area (Å²) in [6, 6.07) is 12.1. The van der Waals surface area contributed by atoms with E-state index < -0.39 is 16.9 Å². The summed E-state index contributed by atoms with van der Waals surface area (Å²) in [4.78, 5) is 22.5. The maximum Gasteiger partial charge on any atom is 0.332 e. The number of carbonyl (C=O) groups is 1. The fraction of sp³-hybridized carbons (Fsp3) is 0.133. The van der Waals surface area contributed by atoms with Crippen molar-refractivity contribution in [2.24, 2.45) is 0 Å². The second kappa shape index (κ2) is 6.91. The van der Waals surface area contributed by atoms with Crippen LogP contribution in [0.25, 0.3) is 0 Å². The number of anilines is 1. The molecule has 1 atom stereocenters. The van der Waals surface area contributed by atoms with Gasteiger partial charge in [0, 0.05) is 11.1 Å². The van der Waals surface area contributed by atoms with Gasteiger partial charge < -0.3 is 10.1 Å². The molecule has 0 bridgehead atoms. The Morgan fingerprint density at radius 1 is 1.27 bits per heavy atom. The van der Waals surface area contributed by atoms with Crippen molar-refractivity contribution >= 4 is 28.9 Å². The van der Waals surface area contributed by atoms with Crippen LogP contribution in [-0.2, 0) is 9.53 Å². The maximum atomic E-state index is 12.0. The van der Waals surface area contributed by atoms with Gasteiger partial charge in [-0.3, -0.25) is 10.1 Å². The number of benzene rings is 2. The summed E-state index contributed by atoms with van der Waals surface area (Å²) in [7, 11) is 1.26. The van der Waals surface area contributed by atoms with Crippen LogP contribution in [0.3, 0.4) is 0 Å². The normalized spacial score (nSPS) is 11.5. The number of nitro benzene ring substituents is 1. The molecule has 0 fully saturated rings. The Balaban J connectivity index is 2.40. The molecule has 0 aliphatic rings. The monoisotopic (exact) mass is 320 g/mol. The number of hydrogen-bond acceptors (Lipinski definition) is 5. The van der Waals surface area contributed by atoms with Crippen LogP contribution in [0.4, 0.5) is 11.4 Å². The van der Waals surface area contributed by atoms with Crippen LogP contribution in [0, 0.1) is 10.1 Å². The third-order valence-electron chi connectivity index (χ3n) is 3.03. The van der Waals surface area contributed by atoms with Gasteiger partial charge in [0.1, 0.15) is 5.69 Å². The van der Waals surface area contributed by atoms with Crippen LogP contribution >= 0.6 is 11.6 Å². The van der Waals surface area contributed by atoms with Gasteiger partial charge in [0.05, 0.1) is 12.0 Å². The van der Waals surface area contributed by atoms with Gasteiger partial charge >= 0.3 is 5.97 Å². The minimum absolute atomic E-state index is 0.189. The van der Waals surface area contributed by atoms with Crippen LogP contribution in [0.5, 0.6) is 0 Å². The van der Waals surface area contributed by atoms with Crippen LogP contribution in [-0.4, -0.2) is 18.0 Å². The Morgan fingerprint density at radius 3 is 2.55 bits per heavy atom. The van der Waals surface area contributed by atoms with Crippen molar-refractivity contribution in [3.63, 3.8) is 0 Å². The van der Waals surface area contributed by atoms with E-state index in [1.165, 1.54) is 25.3 Å². The Morgan fingerprint density at radius 2 is 1.95 bits per heavy atom. The van der Waals surface area contributed by atoms with Crippen molar-refractivity contribution in [3.8, 4) is 0 Å². The van der Waals surface area contributed by atoms with Crippen LogP contribution in [0.15, 0.2) is 48.5 Å². The number of esters is 1.